The van der Waals surface area contributed by atoms with Gasteiger partial charge in [0.05, 0.1) is 0 Å². The Bertz CT molecular complexity index is 526. The van der Waals surface area contributed by atoms with Crippen molar-refractivity contribution < 1.29 is 42.9 Å². The highest BCUT2D eigenvalue weighted by Crippen LogP contribution is 2.28. The third kappa shape index (κ3) is 6.48. The van der Waals surface area contributed by atoms with E-state index in [1.807, 2.05) is 0 Å². The van der Waals surface area contributed by atoms with Crippen LogP contribution in [-0.4, -0.2) is 61.1 Å². The molecule has 25 heavy (non-hydrogen) atoms. The van der Waals surface area contributed by atoms with Crippen LogP contribution in [0, 0.1) is 0 Å². The lowest BCUT2D eigenvalue weighted by Gasteiger charge is -2.43. The molecule has 10 nitrogen and oxygen atoms in total. The number of rotatable bonds is 6. The minimum Gasteiger partial charge on any atom is -0.463 e. The van der Waals surface area contributed by atoms with Gasteiger partial charge in [-0.25, -0.2) is 4.84 Å². The molecule has 2 unspecified atom stereocenters. The second-order valence-electron chi connectivity index (χ2n) is 5.24. The first-order chi connectivity index (χ1) is 11.6. The molecule has 0 aromatic carbocycles. The molecule has 0 saturated carbocycles. The summed E-state index contributed by atoms with van der Waals surface area (Å²) >= 11 is 5.68. The van der Waals surface area contributed by atoms with Crippen LogP contribution in [0.25, 0.3) is 0 Å². The Balaban J connectivity index is 3.16. The number of hydrogen-bond acceptors (Lipinski definition) is 10. The maximum Gasteiger partial charge on any atom is 0.304 e. The first-order valence-corrected chi connectivity index (χ1v) is 7.70. The van der Waals surface area contributed by atoms with Gasteiger partial charge in [0.15, 0.2) is 12.2 Å². The van der Waals surface area contributed by atoms with Crippen LogP contribution in [0.15, 0.2) is 0 Å². The average molecular weight is 382 g/mol. The summed E-state index contributed by atoms with van der Waals surface area (Å²) < 4.78 is 25.8. The lowest BCUT2D eigenvalue weighted by molar-refractivity contribution is -0.269. The summed E-state index contributed by atoms with van der Waals surface area (Å²) in [5.41, 5.74) is 0. The van der Waals surface area contributed by atoms with Crippen LogP contribution in [-0.2, 0) is 42.9 Å². The summed E-state index contributed by atoms with van der Waals surface area (Å²) in [6.07, 6.45) is -4.63. The van der Waals surface area contributed by atoms with Gasteiger partial charge in [0, 0.05) is 27.7 Å². The van der Waals surface area contributed by atoms with E-state index < -0.39 is 54.5 Å². The van der Waals surface area contributed by atoms with Gasteiger partial charge in [-0.05, 0) is 11.8 Å². The molecule has 1 aliphatic heterocycles. The zero-order valence-electron chi connectivity index (χ0n) is 14.1. The van der Waals surface area contributed by atoms with Gasteiger partial charge in [0.1, 0.15) is 18.8 Å². The van der Waals surface area contributed by atoms with Crippen molar-refractivity contribution >= 4 is 35.7 Å². The maximum absolute atomic E-state index is 11.4. The molecule has 0 spiro atoms. The molecule has 1 rings (SSSR count). The van der Waals surface area contributed by atoms with Crippen LogP contribution in [0.1, 0.15) is 27.7 Å². The van der Waals surface area contributed by atoms with Gasteiger partial charge < -0.3 is 23.7 Å². The minimum absolute atomic E-state index is 0.322. The molecule has 0 aromatic rings. The van der Waals surface area contributed by atoms with E-state index in [-0.39, 0.29) is 6.61 Å². The van der Waals surface area contributed by atoms with Crippen molar-refractivity contribution in [1.82, 2.24) is 4.84 Å². The molecule has 1 heterocycles. The fraction of sp³-hybridized carbons (Fsp3) is 0.714. The van der Waals surface area contributed by atoms with Crippen LogP contribution in [0.4, 0.5) is 0 Å². The Labute approximate surface area is 149 Å². The van der Waals surface area contributed by atoms with E-state index in [9.17, 15) is 19.2 Å². The van der Waals surface area contributed by atoms with E-state index in [4.69, 9.17) is 35.5 Å². The zero-order valence-corrected chi connectivity index (χ0v) is 14.9. The maximum atomic E-state index is 11.4. The molecule has 5 atom stereocenters. The van der Waals surface area contributed by atoms with Crippen molar-refractivity contribution in [3.63, 3.8) is 0 Å². The molecule has 142 valence electrons. The second-order valence-corrected chi connectivity index (χ2v) is 5.46. The molecule has 0 aromatic heterocycles. The molecular weight excluding hydrogens is 362 g/mol. The quantitative estimate of drug-likeness (QED) is 0.375. The predicted octanol–water partition coefficient (Wildman–Crippen LogP) is -0.187. The number of carbonyl (C=O) groups excluding carboxylic acids is 4. The third-order valence-corrected chi connectivity index (χ3v) is 3.36. The van der Waals surface area contributed by atoms with Crippen LogP contribution in [0.2, 0.25) is 0 Å². The Morgan fingerprint density at radius 2 is 1.40 bits per heavy atom. The Morgan fingerprint density at radius 1 is 0.880 bits per heavy atom. The molecule has 0 amide bonds. The molecule has 0 aliphatic carbocycles. The summed E-state index contributed by atoms with van der Waals surface area (Å²) in [6, 6.07) is -1.03. The van der Waals surface area contributed by atoms with Gasteiger partial charge in [-0.15, -0.1) is 0 Å². The molecule has 0 bridgehead atoms. The molecule has 1 fully saturated rings. The van der Waals surface area contributed by atoms with E-state index in [0.29, 0.717) is 0 Å². The number of ether oxygens (including phenoxy) is 5. The number of carbonyl (C=O) groups is 4. The Hall–Kier alpha value is -1.91. The van der Waals surface area contributed by atoms with Crippen molar-refractivity contribution in [1.29, 1.82) is 0 Å². The van der Waals surface area contributed by atoms with E-state index in [1.165, 1.54) is 6.92 Å². The Kier molecular flexibility index (Phi) is 8.07. The van der Waals surface area contributed by atoms with Gasteiger partial charge in [-0.2, -0.15) is 0 Å². The fourth-order valence-corrected chi connectivity index (χ4v) is 2.51. The topological polar surface area (TPSA) is 126 Å². The largest absolute Gasteiger partial charge is 0.463 e. The van der Waals surface area contributed by atoms with Gasteiger partial charge >= 0.3 is 23.9 Å². The smallest absolute Gasteiger partial charge is 0.304 e. The second kappa shape index (κ2) is 9.54. The Morgan fingerprint density at radius 3 is 1.84 bits per heavy atom. The van der Waals surface area contributed by atoms with E-state index >= 15 is 0 Å². The standard InChI is InChI=1S/C14H20ClNO9/c1-6(17)21-5-10-12(22-7(2)18)13(23-8(3)19)11(16-15)14(25-10)24-9(4)20/h10-14,16H,5H2,1-4H3/t10?,11?,12-,13+,14+/m0/s1. The van der Waals surface area contributed by atoms with Gasteiger partial charge in [0.25, 0.3) is 0 Å². The van der Waals surface area contributed by atoms with E-state index in [2.05, 4.69) is 4.84 Å². The first kappa shape index (κ1) is 21.1. The number of hydrogen-bond donors (Lipinski definition) is 1. The van der Waals surface area contributed by atoms with Crippen LogP contribution in [0.3, 0.4) is 0 Å². The zero-order chi connectivity index (χ0) is 19.1. The molecule has 11 heteroatoms. The van der Waals surface area contributed by atoms with Gasteiger partial charge in [-0.3, -0.25) is 19.2 Å². The highest BCUT2D eigenvalue weighted by Gasteiger charge is 2.51. The molecular formula is C14H20ClNO9. The molecule has 1 saturated heterocycles. The van der Waals surface area contributed by atoms with Crippen LogP contribution < -0.4 is 4.84 Å². The lowest BCUT2D eigenvalue weighted by Crippen LogP contribution is -2.65. The SMILES string of the molecule is CC(=O)OCC1O[C@@H](OC(C)=O)C(NCl)[C@@H](OC(C)=O)[C@H]1OC(C)=O. The van der Waals surface area contributed by atoms with Gasteiger partial charge in [-0.1, -0.05) is 0 Å². The number of nitrogens with one attached hydrogen (secondary N) is 1. The number of esters is 4. The van der Waals surface area contributed by atoms with Crippen molar-refractivity contribution in [2.45, 2.75) is 58.3 Å². The number of halogens is 1. The van der Waals surface area contributed by atoms with Gasteiger partial charge in [0.2, 0.25) is 6.29 Å². The van der Waals surface area contributed by atoms with Crippen molar-refractivity contribution in [3.05, 3.63) is 0 Å². The van der Waals surface area contributed by atoms with Crippen molar-refractivity contribution in [3.8, 4) is 0 Å². The summed E-state index contributed by atoms with van der Waals surface area (Å²) in [5.74, 6) is -2.65. The van der Waals surface area contributed by atoms with Crippen LogP contribution in [0.5, 0.6) is 0 Å². The van der Waals surface area contributed by atoms with Crippen molar-refractivity contribution in [2.75, 3.05) is 6.61 Å². The average Bonchev–Trinajstić information content (AvgIpc) is 2.46. The predicted molar refractivity (Wildman–Crippen MR) is 80.9 cm³/mol. The third-order valence-electron chi connectivity index (χ3n) is 3.11. The minimum atomic E-state index is -1.27. The monoisotopic (exact) mass is 381 g/mol. The summed E-state index contributed by atoms with van der Waals surface area (Å²) in [4.78, 5) is 47.5. The normalized spacial score (nSPS) is 28.6. The van der Waals surface area contributed by atoms with Crippen LogP contribution >= 0.6 is 11.8 Å². The summed E-state index contributed by atoms with van der Waals surface area (Å²) in [7, 11) is 0. The highest BCUT2D eigenvalue weighted by atomic mass is 35.5. The van der Waals surface area contributed by atoms with E-state index in [0.717, 1.165) is 20.8 Å². The first-order valence-electron chi connectivity index (χ1n) is 7.32. The van der Waals surface area contributed by atoms with E-state index in [1.54, 1.807) is 0 Å². The molecule has 1 N–H and O–H groups in total. The summed E-state index contributed by atoms with van der Waals surface area (Å²) in [6.45, 7) is 4.30. The summed E-state index contributed by atoms with van der Waals surface area (Å²) in [5, 5.41) is 0. The molecule has 0 radical (unpaired) electrons. The lowest BCUT2D eigenvalue weighted by atomic mass is 9.97. The highest BCUT2D eigenvalue weighted by molar-refractivity contribution is 6.13. The fourth-order valence-electron chi connectivity index (χ4n) is 2.28. The van der Waals surface area contributed by atoms with Crippen molar-refractivity contribution in [2.24, 2.45) is 0 Å². The molecule has 1 aliphatic rings.